The van der Waals surface area contributed by atoms with Crippen molar-refractivity contribution >= 4 is 44.1 Å². The largest absolute Gasteiger partial charge is 0.0622 e. The molecule has 0 aromatic heterocycles. The molecule has 0 spiro atoms. The molecule has 4 aromatic carbocycles. The van der Waals surface area contributed by atoms with E-state index in [2.05, 4.69) is 102 Å². The topological polar surface area (TPSA) is 0 Å². The van der Waals surface area contributed by atoms with Gasteiger partial charge < -0.3 is 0 Å². The summed E-state index contributed by atoms with van der Waals surface area (Å²) in [4.78, 5) is 0. The standard InChI is InChI=1S/C21H15I/c1-14-17-9-5-6-10-19(17)21(22)20-13-16(11-12-18(14)20)15-7-3-2-4-8-15/h2-13H,1H3. The van der Waals surface area contributed by atoms with Crippen LogP contribution in [0.25, 0.3) is 32.7 Å². The fraction of sp³-hybridized carbons (Fsp3) is 0.0476. The lowest BCUT2D eigenvalue weighted by atomic mass is 9.95. The van der Waals surface area contributed by atoms with Crippen LogP contribution in [0.15, 0.2) is 72.8 Å². The van der Waals surface area contributed by atoms with E-state index in [0.717, 1.165) is 0 Å². The number of fused-ring (bicyclic) bond motifs is 2. The van der Waals surface area contributed by atoms with Gasteiger partial charge in [-0.15, -0.1) is 0 Å². The van der Waals surface area contributed by atoms with Gasteiger partial charge in [0.05, 0.1) is 0 Å². The number of benzene rings is 4. The summed E-state index contributed by atoms with van der Waals surface area (Å²) in [7, 11) is 0. The summed E-state index contributed by atoms with van der Waals surface area (Å²) < 4.78 is 1.34. The van der Waals surface area contributed by atoms with Crippen LogP contribution < -0.4 is 0 Å². The number of hydrogen-bond acceptors (Lipinski definition) is 0. The molecule has 0 atom stereocenters. The molecule has 0 fully saturated rings. The number of rotatable bonds is 1. The van der Waals surface area contributed by atoms with E-state index in [4.69, 9.17) is 0 Å². The molecule has 0 aliphatic heterocycles. The molecule has 0 amide bonds. The quantitative estimate of drug-likeness (QED) is 0.253. The van der Waals surface area contributed by atoms with Gasteiger partial charge in [-0.2, -0.15) is 0 Å². The second kappa shape index (κ2) is 5.40. The summed E-state index contributed by atoms with van der Waals surface area (Å²) in [5, 5.41) is 5.39. The zero-order valence-electron chi connectivity index (χ0n) is 12.3. The highest BCUT2D eigenvalue weighted by atomic mass is 127. The van der Waals surface area contributed by atoms with E-state index < -0.39 is 0 Å². The summed E-state index contributed by atoms with van der Waals surface area (Å²) in [6, 6.07) is 26.1. The Balaban J connectivity index is 2.08. The number of halogens is 1. The van der Waals surface area contributed by atoms with Gasteiger partial charge in [-0.05, 0) is 73.8 Å². The molecule has 0 bridgehead atoms. The van der Waals surface area contributed by atoms with Crippen molar-refractivity contribution in [1.29, 1.82) is 0 Å². The maximum atomic E-state index is 2.49. The van der Waals surface area contributed by atoms with Crippen LogP contribution in [-0.2, 0) is 0 Å². The normalized spacial score (nSPS) is 11.2. The van der Waals surface area contributed by atoms with E-state index in [1.165, 1.54) is 41.8 Å². The SMILES string of the molecule is Cc1c2ccccc2c(I)c2cc(-c3ccccc3)ccc12. The average molecular weight is 394 g/mol. The van der Waals surface area contributed by atoms with Gasteiger partial charge in [-0.25, -0.2) is 0 Å². The highest BCUT2D eigenvalue weighted by molar-refractivity contribution is 14.1. The molecule has 0 aliphatic rings. The lowest BCUT2D eigenvalue weighted by Crippen LogP contribution is -1.88. The Morgan fingerprint density at radius 2 is 1.23 bits per heavy atom. The first kappa shape index (κ1) is 13.8. The summed E-state index contributed by atoms with van der Waals surface area (Å²) in [5.74, 6) is 0. The molecule has 4 aromatic rings. The maximum Gasteiger partial charge on any atom is 0.0287 e. The second-order valence-corrected chi connectivity index (χ2v) is 6.69. The fourth-order valence-corrected chi connectivity index (χ4v) is 4.07. The molecule has 0 saturated carbocycles. The molecule has 0 unspecified atom stereocenters. The van der Waals surface area contributed by atoms with E-state index in [1.807, 2.05) is 0 Å². The third kappa shape index (κ3) is 2.12. The van der Waals surface area contributed by atoms with Crippen molar-refractivity contribution in [3.05, 3.63) is 81.9 Å². The summed E-state index contributed by atoms with van der Waals surface area (Å²) in [6.45, 7) is 2.23. The Bertz CT molecular complexity index is 985. The van der Waals surface area contributed by atoms with Gasteiger partial charge in [-0.3, -0.25) is 0 Å². The molecule has 4 rings (SSSR count). The van der Waals surface area contributed by atoms with Crippen molar-refractivity contribution in [2.75, 3.05) is 0 Å². The van der Waals surface area contributed by atoms with Crippen LogP contribution in [0.2, 0.25) is 0 Å². The zero-order chi connectivity index (χ0) is 15.1. The first-order valence-corrected chi connectivity index (χ1v) is 8.49. The van der Waals surface area contributed by atoms with Crippen LogP contribution in [0.3, 0.4) is 0 Å². The molecule has 106 valence electrons. The number of aryl methyl sites for hydroxylation is 1. The molecular formula is C21H15I. The first-order chi connectivity index (χ1) is 10.8. The maximum absolute atomic E-state index is 2.49. The van der Waals surface area contributed by atoms with E-state index in [1.54, 1.807) is 0 Å². The van der Waals surface area contributed by atoms with Gasteiger partial charge in [0, 0.05) is 3.57 Å². The Morgan fingerprint density at radius 1 is 0.591 bits per heavy atom. The van der Waals surface area contributed by atoms with Gasteiger partial charge in [0.25, 0.3) is 0 Å². The Labute approximate surface area is 143 Å². The Hall–Kier alpha value is -1.87. The first-order valence-electron chi connectivity index (χ1n) is 7.42. The van der Waals surface area contributed by atoms with Crippen molar-refractivity contribution < 1.29 is 0 Å². The molecule has 22 heavy (non-hydrogen) atoms. The van der Waals surface area contributed by atoms with E-state index in [9.17, 15) is 0 Å². The summed E-state index contributed by atoms with van der Waals surface area (Å²) in [6.07, 6.45) is 0. The average Bonchev–Trinajstić information content (AvgIpc) is 2.60. The lowest BCUT2D eigenvalue weighted by molar-refractivity contribution is 1.57. The van der Waals surface area contributed by atoms with Crippen LogP contribution in [-0.4, -0.2) is 0 Å². The highest BCUT2D eigenvalue weighted by Crippen LogP contribution is 2.35. The summed E-state index contributed by atoms with van der Waals surface area (Å²) in [5.41, 5.74) is 3.91. The second-order valence-electron chi connectivity index (χ2n) is 5.61. The molecule has 0 aliphatic carbocycles. The highest BCUT2D eigenvalue weighted by Gasteiger charge is 2.10. The third-order valence-corrected chi connectivity index (χ3v) is 5.50. The van der Waals surface area contributed by atoms with E-state index >= 15 is 0 Å². The van der Waals surface area contributed by atoms with Crippen molar-refractivity contribution in [3.8, 4) is 11.1 Å². The van der Waals surface area contributed by atoms with Gasteiger partial charge in [0.1, 0.15) is 0 Å². The van der Waals surface area contributed by atoms with Gasteiger partial charge >= 0.3 is 0 Å². The Morgan fingerprint density at radius 3 is 2.00 bits per heavy atom. The minimum atomic E-state index is 1.27. The lowest BCUT2D eigenvalue weighted by Gasteiger charge is -2.12. The van der Waals surface area contributed by atoms with E-state index in [-0.39, 0.29) is 0 Å². The van der Waals surface area contributed by atoms with Crippen LogP contribution in [0, 0.1) is 10.5 Å². The molecule has 0 heterocycles. The van der Waals surface area contributed by atoms with Gasteiger partial charge in [-0.1, -0.05) is 66.7 Å². The zero-order valence-corrected chi connectivity index (χ0v) is 14.5. The van der Waals surface area contributed by atoms with Crippen LogP contribution >= 0.6 is 22.6 Å². The van der Waals surface area contributed by atoms with Gasteiger partial charge in [0.2, 0.25) is 0 Å². The minimum Gasteiger partial charge on any atom is -0.0622 e. The predicted molar refractivity (Wildman–Crippen MR) is 104 cm³/mol. The van der Waals surface area contributed by atoms with Crippen molar-refractivity contribution in [2.24, 2.45) is 0 Å². The third-order valence-electron chi connectivity index (χ3n) is 4.33. The van der Waals surface area contributed by atoms with Crippen LogP contribution in [0.5, 0.6) is 0 Å². The Kier molecular flexibility index (Phi) is 3.38. The minimum absolute atomic E-state index is 1.27. The molecule has 0 radical (unpaired) electrons. The molecule has 0 N–H and O–H groups in total. The molecular weight excluding hydrogens is 379 g/mol. The van der Waals surface area contributed by atoms with Gasteiger partial charge in [0.15, 0.2) is 0 Å². The fourth-order valence-electron chi connectivity index (χ4n) is 3.15. The molecule has 1 heteroatoms. The van der Waals surface area contributed by atoms with Crippen molar-refractivity contribution in [2.45, 2.75) is 6.92 Å². The number of hydrogen-bond donors (Lipinski definition) is 0. The molecule has 0 saturated heterocycles. The van der Waals surface area contributed by atoms with Crippen molar-refractivity contribution in [3.63, 3.8) is 0 Å². The van der Waals surface area contributed by atoms with Crippen LogP contribution in [0.4, 0.5) is 0 Å². The summed E-state index contributed by atoms with van der Waals surface area (Å²) >= 11 is 2.49. The smallest absolute Gasteiger partial charge is 0.0287 e. The monoisotopic (exact) mass is 394 g/mol. The molecule has 0 nitrogen and oxygen atoms in total. The predicted octanol–water partition coefficient (Wildman–Crippen LogP) is 6.57. The van der Waals surface area contributed by atoms with E-state index in [0.29, 0.717) is 0 Å². The van der Waals surface area contributed by atoms with Crippen molar-refractivity contribution in [1.82, 2.24) is 0 Å². The van der Waals surface area contributed by atoms with Crippen LogP contribution in [0.1, 0.15) is 5.56 Å².